The minimum Gasteiger partial charge on any atom is -0.341 e. The van der Waals surface area contributed by atoms with Crippen molar-refractivity contribution in [3.05, 3.63) is 65.5 Å². The van der Waals surface area contributed by atoms with E-state index in [4.69, 9.17) is 0 Å². The Morgan fingerprint density at radius 2 is 1.94 bits per heavy atom. The van der Waals surface area contributed by atoms with Gasteiger partial charge in [-0.3, -0.25) is 14.3 Å². The number of hydrogen-bond donors (Lipinski definition) is 0. The molecule has 0 N–H and O–H groups in total. The topological polar surface area (TPSA) is 58.4 Å². The molecule has 6 nitrogen and oxygen atoms in total. The summed E-state index contributed by atoms with van der Waals surface area (Å²) in [6.07, 6.45) is 8.00. The molecular weight excluding hydrogens is 388 g/mol. The molecule has 6 heteroatoms. The number of likely N-dealkylation sites (N-methyl/N-ethyl adjacent to an activating group) is 1. The van der Waals surface area contributed by atoms with E-state index >= 15 is 0 Å². The van der Waals surface area contributed by atoms with Crippen molar-refractivity contribution in [1.29, 1.82) is 0 Å². The molecule has 166 valence electrons. The minimum absolute atomic E-state index is 0.0607. The molecule has 2 amide bonds. The van der Waals surface area contributed by atoms with Gasteiger partial charge in [-0.25, -0.2) is 0 Å². The number of nitrogens with zero attached hydrogens (tertiary/aromatic N) is 4. The van der Waals surface area contributed by atoms with Crippen LogP contribution >= 0.6 is 0 Å². The van der Waals surface area contributed by atoms with Gasteiger partial charge >= 0.3 is 0 Å². The lowest BCUT2D eigenvalue weighted by Gasteiger charge is -2.40. The number of aromatic nitrogens is 2. The van der Waals surface area contributed by atoms with Crippen molar-refractivity contribution in [2.24, 2.45) is 5.92 Å². The van der Waals surface area contributed by atoms with Crippen LogP contribution in [-0.2, 0) is 22.6 Å². The Kier molecular flexibility index (Phi) is 7.66. The zero-order valence-electron chi connectivity index (χ0n) is 19.1. The van der Waals surface area contributed by atoms with E-state index in [-0.39, 0.29) is 24.4 Å². The normalized spacial score (nSPS) is 16.3. The third-order valence-electron chi connectivity index (χ3n) is 6.58. The smallest absolute Gasteiger partial charge is 0.249 e. The lowest BCUT2D eigenvalue weighted by molar-refractivity contribution is -0.135. The molecule has 0 bridgehead atoms. The summed E-state index contributed by atoms with van der Waals surface area (Å²) in [7, 11) is 1.91. The van der Waals surface area contributed by atoms with Gasteiger partial charge in [0.2, 0.25) is 11.8 Å². The Labute approximate surface area is 185 Å². The first kappa shape index (κ1) is 22.8. The monoisotopic (exact) mass is 422 g/mol. The van der Waals surface area contributed by atoms with Gasteiger partial charge in [-0.15, -0.1) is 0 Å². The van der Waals surface area contributed by atoms with Crippen molar-refractivity contribution in [2.45, 2.75) is 52.6 Å². The SMILES string of the molecule is C/C=C(\C)C(=O)N1CCC(C(Cc2ccccc2C)N(C)C(=O)Cn2cccn2)CC1. The third-order valence-corrected chi connectivity index (χ3v) is 6.58. The number of benzene rings is 1. The van der Waals surface area contributed by atoms with Gasteiger partial charge < -0.3 is 9.80 Å². The Bertz CT molecular complexity index is 911. The predicted molar refractivity (Wildman–Crippen MR) is 122 cm³/mol. The number of carbonyl (C=O) groups is 2. The Morgan fingerprint density at radius 1 is 1.23 bits per heavy atom. The zero-order chi connectivity index (χ0) is 22.4. The van der Waals surface area contributed by atoms with Gasteiger partial charge in [0, 0.05) is 44.1 Å². The van der Waals surface area contributed by atoms with E-state index in [1.165, 1.54) is 11.1 Å². The van der Waals surface area contributed by atoms with E-state index in [9.17, 15) is 9.59 Å². The Balaban J connectivity index is 1.75. The van der Waals surface area contributed by atoms with Crippen molar-refractivity contribution in [3.63, 3.8) is 0 Å². The number of allylic oxidation sites excluding steroid dienone is 1. The molecule has 1 aromatic carbocycles. The number of likely N-dealkylation sites (tertiary alicyclic amines) is 1. The molecule has 0 saturated carbocycles. The second-order valence-corrected chi connectivity index (χ2v) is 8.51. The van der Waals surface area contributed by atoms with Crippen LogP contribution < -0.4 is 0 Å². The number of hydrogen-bond acceptors (Lipinski definition) is 3. The highest BCUT2D eigenvalue weighted by Crippen LogP contribution is 2.28. The third kappa shape index (κ3) is 5.63. The highest BCUT2D eigenvalue weighted by molar-refractivity contribution is 5.92. The molecule has 0 aliphatic carbocycles. The summed E-state index contributed by atoms with van der Waals surface area (Å²) in [5, 5.41) is 4.18. The van der Waals surface area contributed by atoms with Crippen LogP contribution in [0.3, 0.4) is 0 Å². The first-order chi connectivity index (χ1) is 14.9. The summed E-state index contributed by atoms with van der Waals surface area (Å²) in [6, 6.07) is 10.3. The van der Waals surface area contributed by atoms with Crippen LogP contribution in [0.15, 0.2) is 54.4 Å². The molecule has 2 heterocycles. The van der Waals surface area contributed by atoms with Crippen LogP contribution in [0.1, 0.15) is 37.8 Å². The first-order valence-corrected chi connectivity index (χ1v) is 11.1. The fourth-order valence-electron chi connectivity index (χ4n) is 4.37. The average molecular weight is 423 g/mol. The van der Waals surface area contributed by atoms with Gasteiger partial charge in [0.05, 0.1) is 0 Å². The van der Waals surface area contributed by atoms with E-state index in [0.717, 1.165) is 37.9 Å². The summed E-state index contributed by atoms with van der Waals surface area (Å²) in [5.74, 6) is 0.534. The zero-order valence-corrected chi connectivity index (χ0v) is 19.1. The number of rotatable bonds is 7. The second kappa shape index (κ2) is 10.4. The van der Waals surface area contributed by atoms with Crippen molar-refractivity contribution in [2.75, 3.05) is 20.1 Å². The van der Waals surface area contributed by atoms with Crippen LogP contribution in [0.2, 0.25) is 0 Å². The first-order valence-electron chi connectivity index (χ1n) is 11.1. The molecule has 3 rings (SSSR count). The van der Waals surface area contributed by atoms with E-state index in [2.05, 4.69) is 30.2 Å². The van der Waals surface area contributed by atoms with Crippen molar-refractivity contribution < 1.29 is 9.59 Å². The van der Waals surface area contributed by atoms with E-state index in [0.29, 0.717) is 5.92 Å². The quantitative estimate of drug-likeness (QED) is 0.642. The van der Waals surface area contributed by atoms with Crippen LogP contribution in [0.4, 0.5) is 0 Å². The Morgan fingerprint density at radius 3 is 2.55 bits per heavy atom. The summed E-state index contributed by atoms with van der Waals surface area (Å²) >= 11 is 0. The van der Waals surface area contributed by atoms with Crippen LogP contribution in [-0.4, -0.2) is 57.6 Å². The lowest BCUT2D eigenvalue weighted by Crippen LogP contribution is -2.49. The van der Waals surface area contributed by atoms with E-state index in [1.807, 2.05) is 55.1 Å². The highest BCUT2D eigenvalue weighted by Gasteiger charge is 2.33. The maximum atomic E-state index is 13.1. The van der Waals surface area contributed by atoms with E-state index in [1.54, 1.807) is 10.9 Å². The summed E-state index contributed by atoms with van der Waals surface area (Å²) in [6.45, 7) is 7.61. The van der Waals surface area contributed by atoms with Gasteiger partial charge in [-0.1, -0.05) is 30.3 Å². The Hall–Kier alpha value is -2.89. The molecule has 0 radical (unpaired) electrons. The fraction of sp³-hybridized carbons (Fsp3) is 0.480. The van der Waals surface area contributed by atoms with Crippen molar-refractivity contribution in [1.82, 2.24) is 19.6 Å². The van der Waals surface area contributed by atoms with Gasteiger partial charge in [0.15, 0.2) is 0 Å². The van der Waals surface area contributed by atoms with Crippen LogP contribution in [0.25, 0.3) is 0 Å². The van der Waals surface area contributed by atoms with Gasteiger partial charge in [-0.2, -0.15) is 5.10 Å². The summed E-state index contributed by atoms with van der Waals surface area (Å²) in [4.78, 5) is 29.5. The molecule has 1 atom stereocenters. The summed E-state index contributed by atoms with van der Waals surface area (Å²) < 4.78 is 1.67. The van der Waals surface area contributed by atoms with Gasteiger partial charge in [-0.05, 0) is 63.1 Å². The lowest BCUT2D eigenvalue weighted by atomic mass is 9.84. The fourth-order valence-corrected chi connectivity index (χ4v) is 4.37. The molecule has 31 heavy (non-hydrogen) atoms. The number of aryl methyl sites for hydroxylation is 1. The molecule has 1 aromatic heterocycles. The molecule has 1 aliphatic rings. The summed E-state index contributed by atoms with van der Waals surface area (Å²) in [5.41, 5.74) is 3.31. The van der Waals surface area contributed by atoms with Crippen molar-refractivity contribution >= 4 is 11.8 Å². The van der Waals surface area contributed by atoms with E-state index < -0.39 is 0 Å². The maximum Gasteiger partial charge on any atom is 0.249 e. The molecule has 2 aromatic rings. The average Bonchev–Trinajstić information content (AvgIpc) is 3.30. The number of piperidine rings is 1. The second-order valence-electron chi connectivity index (χ2n) is 8.51. The minimum atomic E-state index is 0.0607. The molecule has 1 unspecified atom stereocenters. The molecule has 1 saturated heterocycles. The molecular formula is C25H34N4O2. The molecule has 1 fully saturated rings. The standard InChI is InChI=1S/C25H34N4O2/c1-5-19(2)25(31)28-15-11-21(12-16-28)23(17-22-10-7-6-9-20(22)3)27(4)24(30)18-29-14-8-13-26-29/h5-10,13-14,21,23H,11-12,15-18H2,1-4H3/b19-5+. The van der Waals surface area contributed by atoms with Gasteiger partial charge in [0.1, 0.15) is 6.54 Å². The van der Waals surface area contributed by atoms with Crippen LogP contribution in [0, 0.1) is 12.8 Å². The number of carbonyl (C=O) groups excluding carboxylic acids is 2. The maximum absolute atomic E-state index is 13.1. The molecule has 1 aliphatic heterocycles. The van der Waals surface area contributed by atoms with Gasteiger partial charge in [0.25, 0.3) is 0 Å². The largest absolute Gasteiger partial charge is 0.341 e. The predicted octanol–water partition coefficient (Wildman–Crippen LogP) is 3.47. The highest BCUT2D eigenvalue weighted by atomic mass is 16.2. The molecule has 0 spiro atoms. The van der Waals surface area contributed by atoms with Crippen LogP contribution in [0.5, 0.6) is 0 Å². The number of amides is 2. The van der Waals surface area contributed by atoms with Crippen molar-refractivity contribution in [3.8, 4) is 0 Å².